The third-order valence-electron chi connectivity index (χ3n) is 5.90. The second-order valence-electron chi connectivity index (χ2n) is 8.06. The van der Waals surface area contributed by atoms with E-state index in [9.17, 15) is 4.79 Å². The fourth-order valence-corrected chi connectivity index (χ4v) is 4.56. The predicted octanol–water partition coefficient (Wildman–Crippen LogP) is 7.12. The van der Waals surface area contributed by atoms with Gasteiger partial charge in [0.25, 0.3) is 0 Å². The van der Waals surface area contributed by atoms with Gasteiger partial charge in [-0.1, -0.05) is 95.1 Å². The van der Waals surface area contributed by atoms with Crippen molar-refractivity contribution in [1.29, 1.82) is 0 Å². The number of carbonyl (C=O) groups excluding carboxylic acids is 1. The van der Waals surface area contributed by atoms with Crippen molar-refractivity contribution < 1.29 is 9.53 Å². The number of esters is 1. The second-order valence-corrected chi connectivity index (χ2v) is 8.98. The van der Waals surface area contributed by atoms with E-state index in [1.165, 1.54) is 24.8 Å². The van der Waals surface area contributed by atoms with Gasteiger partial charge < -0.3 is 4.74 Å². The summed E-state index contributed by atoms with van der Waals surface area (Å²) in [5.74, 6) is -0.170. The van der Waals surface area contributed by atoms with E-state index in [4.69, 9.17) is 4.74 Å². The van der Waals surface area contributed by atoms with E-state index in [1.54, 1.807) is 0 Å². The lowest BCUT2D eigenvalue weighted by Gasteiger charge is -2.34. The predicted molar refractivity (Wildman–Crippen MR) is 135 cm³/mol. The first-order valence-corrected chi connectivity index (χ1v) is 11.8. The number of benzene rings is 3. The quantitative estimate of drug-likeness (QED) is 0.314. The average Bonchev–Trinajstić information content (AvgIpc) is 2.83. The summed E-state index contributed by atoms with van der Waals surface area (Å²) in [6, 6.07) is 28.4. The Morgan fingerprint density at radius 2 is 1.31 bits per heavy atom. The number of hydrogen-bond acceptors (Lipinski definition) is 3. The number of piperidine rings is 1. The van der Waals surface area contributed by atoms with Gasteiger partial charge in [0.05, 0.1) is 6.42 Å². The van der Waals surface area contributed by atoms with Gasteiger partial charge in [0, 0.05) is 10.5 Å². The SMILES string of the molecule is Cl.O=C(CC(c1ccccc1)N1CCCCC1)OC(c1ccccc1)c1ccc(Br)cc1. The van der Waals surface area contributed by atoms with Crippen molar-refractivity contribution in [3.8, 4) is 0 Å². The molecule has 1 saturated heterocycles. The highest BCUT2D eigenvalue weighted by Crippen LogP contribution is 2.31. The molecule has 3 aromatic carbocycles. The third-order valence-corrected chi connectivity index (χ3v) is 6.43. The number of hydrogen-bond donors (Lipinski definition) is 0. The summed E-state index contributed by atoms with van der Waals surface area (Å²) in [6.45, 7) is 2.06. The number of rotatable bonds is 7. The minimum absolute atomic E-state index is 0. The van der Waals surface area contributed by atoms with Gasteiger partial charge in [0.2, 0.25) is 0 Å². The smallest absolute Gasteiger partial charge is 0.308 e. The van der Waals surface area contributed by atoms with Gasteiger partial charge in [-0.3, -0.25) is 9.69 Å². The van der Waals surface area contributed by atoms with E-state index < -0.39 is 6.10 Å². The molecule has 4 rings (SSSR count). The molecule has 0 aromatic heterocycles. The fraction of sp³-hybridized carbons (Fsp3) is 0.296. The normalized spacial score (nSPS) is 15.9. The summed E-state index contributed by atoms with van der Waals surface area (Å²) in [5.41, 5.74) is 3.13. The Morgan fingerprint density at radius 1 is 0.781 bits per heavy atom. The van der Waals surface area contributed by atoms with Crippen LogP contribution in [0.4, 0.5) is 0 Å². The first-order valence-electron chi connectivity index (χ1n) is 11.0. The zero-order valence-electron chi connectivity index (χ0n) is 18.0. The molecule has 0 saturated carbocycles. The third kappa shape index (κ3) is 6.44. The largest absolute Gasteiger partial charge is 0.452 e. The molecule has 5 heteroatoms. The van der Waals surface area contributed by atoms with Crippen LogP contribution in [-0.4, -0.2) is 24.0 Å². The molecule has 1 aliphatic heterocycles. The molecule has 0 aliphatic carbocycles. The van der Waals surface area contributed by atoms with Crippen LogP contribution >= 0.6 is 28.3 Å². The van der Waals surface area contributed by atoms with Gasteiger partial charge >= 0.3 is 5.97 Å². The van der Waals surface area contributed by atoms with Crippen LogP contribution in [0.15, 0.2) is 89.4 Å². The van der Waals surface area contributed by atoms with Crippen molar-refractivity contribution >= 4 is 34.3 Å². The van der Waals surface area contributed by atoms with Gasteiger partial charge in [-0.15, -0.1) is 12.4 Å². The van der Waals surface area contributed by atoms with E-state index >= 15 is 0 Å². The summed E-state index contributed by atoms with van der Waals surface area (Å²) in [7, 11) is 0. The number of halogens is 2. The van der Waals surface area contributed by atoms with Gasteiger partial charge in [-0.25, -0.2) is 0 Å². The standard InChI is InChI=1S/C27H28BrNO2.ClH/c28-24-16-14-23(15-17-24)27(22-12-6-2-7-13-22)31-26(30)20-25(21-10-4-1-5-11-21)29-18-8-3-9-19-29;/h1-2,4-7,10-17,25,27H,3,8-9,18-20H2;1H. The van der Waals surface area contributed by atoms with Gasteiger partial charge in [0.15, 0.2) is 6.10 Å². The Morgan fingerprint density at radius 3 is 1.91 bits per heavy atom. The second kappa shape index (κ2) is 12.2. The minimum Gasteiger partial charge on any atom is -0.452 e. The molecule has 0 bridgehead atoms. The molecule has 168 valence electrons. The van der Waals surface area contributed by atoms with Crippen molar-refractivity contribution in [3.63, 3.8) is 0 Å². The van der Waals surface area contributed by atoms with Crippen LogP contribution < -0.4 is 0 Å². The van der Waals surface area contributed by atoms with Crippen molar-refractivity contribution in [2.24, 2.45) is 0 Å². The highest BCUT2D eigenvalue weighted by atomic mass is 79.9. The average molecular weight is 515 g/mol. The van der Waals surface area contributed by atoms with Crippen molar-refractivity contribution in [3.05, 3.63) is 106 Å². The molecule has 2 unspecified atom stereocenters. The Hall–Kier alpha value is -2.14. The number of carbonyl (C=O) groups is 1. The Labute approximate surface area is 205 Å². The lowest BCUT2D eigenvalue weighted by Crippen LogP contribution is -2.35. The molecule has 32 heavy (non-hydrogen) atoms. The summed E-state index contributed by atoms with van der Waals surface area (Å²) >= 11 is 3.49. The maximum absolute atomic E-state index is 13.2. The maximum Gasteiger partial charge on any atom is 0.308 e. The lowest BCUT2D eigenvalue weighted by atomic mass is 9.98. The van der Waals surface area contributed by atoms with Crippen LogP contribution in [0.25, 0.3) is 0 Å². The summed E-state index contributed by atoms with van der Waals surface area (Å²) < 4.78 is 7.13. The molecular formula is C27H29BrClNO2. The molecule has 3 nitrogen and oxygen atoms in total. The van der Waals surface area contributed by atoms with Crippen LogP contribution in [0.1, 0.15) is 54.5 Å². The molecule has 0 amide bonds. The lowest BCUT2D eigenvalue weighted by molar-refractivity contribution is -0.149. The Kier molecular flexibility index (Phi) is 9.34. The van der Waals surface area contributed by atoms with Crippen molar-refractivity contribution in [2.75, 3.05) is 13.1 Å². The summed E-state index contributed by atoms with van der Waals surface area (Å²) in [4.78, 5) is 15.7. The van der Waals surface area contributed by atoms with E-state index in [0.717, 1.165) is 28.7 Å². The molecule has 0 spiro atoms. The van der Waals surface area contributed by atoms with E-state index in [-0.39, 0.29) is 24.4 Å². The van der Waals surface area contributed by atoms with Crippen LogP contribution in [0.2, 0.25) is 0 Å². The zero-order valence-corrected chi connectivity index (χ0v) is 20.4. The molecule has 3 aromatic rings. The Bertz CT molecular complexity index is 960. The maximum atomic E-state index is 13.2. The number of likely N-dealkylation sites (tertiary alicyclic amines) is 1. The number of nitrogens with zero attached hydrogens (tertiary/aromatic N) is 1. The zero-order chi connectivity index (χ0) is 21.5. The van der Waals surface area contributed by atoms with Crippen molar-refractivity contribution in [1.82, 2.24) is 4.90 Å². The van der Waals surface area contributed by atoms with Gasteiger partial charge in [-0.2, -0.15) is 0 Å². The highest BCUT2D eigenvalue weighted by molar-refractivity contribution is 9.10. The minimum atomic E-state index is -0.417. The summed E-state index contributed by atoms with van der Waals surface area (Å²) in [6.07, 6.45) is 3.57. The van der Waals surface area contributed by atoms with Crippen molar-refractivity contribution in [2.45, 2.75) is 37.8 Å². The summed E-state index contributed by atoms with van der Waals surface area (Å²) in [5, 5.41) is 0. The van der Waals surface area contributed by atoms with E-state index in [0.29, 0.717) is 6.42 Å². The molecule has 1 fully saturated rings. The molecular weight excluding hydrogens is 486 g/mol. The molecule has 0 radical (unpaired) electrons. The van der Waals surface area contributed by atoms with E-state index in [1.807, 2.05) is 72.8 Å². The van der Waals surface area contributed by atoms with Gasteiger partial charge in [-0.05, 0) is 54.8 Å². The van der Waals surface area contributed by atoms with Crippen LogP contribution in [0.5, 0.6) is 0 Å². The Balaban J connectivity index is 0.00000289. The number of ether oxygens (including phenoxy) is 1. The first-order chi connectivity index (χ1) is 15.2. The molecule has 1 heterocycles. The first kappa shape index (κ1) is 24.5. The molecule has 1 aliphatic rings. The van der Waals surface area contributed by atoms with Crippen LogP contribution in [-0.2, 0) is 9.53 Å². The monoisotopic (exact) mass is 513 g/mol. The fourth-order valence-electron chi connectivity index (χ4n) is 4.29. The topological polar surface area (TPSA) is 29.5 Å². The van der Waals surface area contributed by atoms with Crippen LogP contribution in [0.3, 0.4) is 0 Å². The molecule has 0 N–H and O–H groups in total. The highest BCUT2D eigenvalue weighted by Gasteiger charge is 2.27. The van der Waals surface area contributed by atoms with E-state index in [2.05, 4.69) is 33.0 Å². The van der Waals surface area contributed by atoms with Crippen LogP contribution in [0, 0.1) is 0 Å². The molecule has 2 atom stereocenters. The van der Waals surface area contributed by atoms with Gasteiger partial charge in [0.1, 0.15) is 0 Å².